The molecule has 0 unspecified atom stereocenters. The largest absolute Gasteiger partial charge is 0.322 e. The fraction of sp³-hybridized carbons (Fsp3) is 0.0714. The van der Waals surface area contributed by atoms with Gasteiger partial charge in [-0.05, 0) is 36.8 Å². The molecule has 0 aliphatic carbocycles. The molecule has 1 amide bonds. The third-order valence-electron chi connectivity index (χ3n) is 2.71. The van der Waals surface area contributed by atoms with Gasteiger partial charge in [-0.1, -0.05) is 24.3 Å². The van der Waals surface area contributed by atoms with E-state index in [1.807, 2.05) is 13.0 Å². The lowest BCUT2D eigenvalue weighted by atomic mass is 10.2. The van der Waals surface area contributed by atoms with E-state index < -0.39 is 15.9 Å². The minimum absolute atomic E-state index is 0.0245. The lowest BCUT2D eigenvalue weighted by Crippen LogP contribution is -2.20. The summed E-state index contributed by atoms with van der Waals surface area (Å²) in [7, 11) is -3.94. The zero-order chi connectivity index (χ0) is 14.8. The predicted molar refractivity (Wildman–Crippen MR) is 76.9 cm³/mol. The van der Waals surface area contributed by atoms with Gasteiger partial charge in [0, 0.05) is 5.69 Å². The zero-order valence-electron chi connectivity index (χ0n) is 10.8. The Labute approximate surface area is 117 Å². The molecule has 0 radical (unpaired) electrons. The summed E-state index contributed by atoms with van der Waals surface area (Å²) in [5, 5.41) is 7.76. The van der Waals surface area contributed by atoms with E-state index in [0.717, 1.165) is 5.56 Å². The van der Waals surface area contributed by atoms with E-state index in [1.54, 1.807) is 24.3 Å². The van der Waals surface area contributed by atoms with Crippen LogP contribution in [0.15, 0.2) is 53.4 Å². The second-order valence-electron chi connectivity index (χ2n) is 4.36. The minimum atomic E-state index is -3.94. The van der Waals surface area contributed by atoms with Gasteiger partial charge in [0.15, 0.2) is 0 Å². The first kappa shape index (κ1) is 14.2. The first-order chi connectivity index (χ1) is 9.38. The zero-order valence-corrected chi connectivity index (χ0v) is 11.6. The van der Waals surface area contributed by atoms with E-state index in [4.69, 9.17) is 5.14 Å². The number of nitrogens with one attached hydrogen (secondary N) is 1. The summed E-state index contributed by atoms with van der Waals surface area (Å²) in [4.78, 5) is 12.0. The van der Waals surface area contributed by atoms with E-state index in [2.05, 4.69) is 5.32 Å². The Morgan fingerprint density at radius 2 is 1.80 bits per heavy atom. The van der Waals surface area contributed by atoms with Gasteiger partial charge < -0.3 is 5.32 Å². The molecule has 2 aromatic rings. The number of hydrogen-bond donors (Lipinski definition) is 2. The SMILES string of the molecule is Cc1cccc(NC(=O)c2ccccc2S(N)(=O)=O)c1. The number of amides is 1. The molecular formula is C14H14N2O3S. The van der Waals surface area contributed by atoms with Crippen LogP contribution >= 0.6 is 0 Å². The molecule has 104 valence electrons. The van der Waals surface area contributed by atoms with E-state index in [-0.39, 0.29) is 10.5 Å². The monoisotopic (exact) mass is 290 g/mol. The Morgan fingerprint density at radius 1 is 1.10 bits per heavy atom. The molecule has 0 saturated heterocycles. The number of hydrogen-bond acceptors (Lipinski definition) is 3. The summed E-state index contributed by atoms with van der Waals surface area (Å²) in [6.07, 6.45) is 0. The first-order valence-electron chi connectivity index (χ1n) is 5.88. The molecule has 2 rings (SSSR count). The van der Waals surface area contributed by atoms with Crippen molar-refractivity contribution < 1.29 is 13.2 Å². The highest BCUT2D eigenvalue weighted by Crippen LogP contribution is 2.16. The summed E-state index contributed by atoms with van der Waals surface area (Å²) in [6.45, 7) is 1.90. The molecule has 0 aromatic heterocycles. The molecule has 0 spiro atoms. The molecule has 0 saturated carbocycles. The standard InChI is InChI=1S/C14H14N2O3S/c1-10-5-4-6-11(9-10)16-14(17)12-7-2-3-8-13(12)20(15,18)19/h2-9H,1H3,(H,16,17)(H2,15,18,19). The maximum atomic E-state index is 12.2. The highest BCUT2D eigenvalue weighted by Gasteiger charge is 2.18. The van der Waals surface area contributed by atoms with Crippen LogP contribution in [0.3, 0.4) is 0 Å². The average molecular weight is 290 g/mol. The number of anilines is 1. The minimum Gasteiger partial charge on any atom is -0.322 e. The maximum Gasteiger partial charge on any atom is 0.257 e. The Kier molecular flexibility index (Phi) is 3.87. The number of nitrogens with two attached hydrogens (primary N) is 1. The number of carbonyl (C=O) groups is 1. The van der Waals surface area contributed by atoms with Gasteiger partial charge in [0.25, 0.3) is 5.91 Å². The van der Waals surface area contributed by atoms with Crippen molar-refractivity contribution in [3.05, 3.63) is 59.7 Å². The van der Waals surface area contributed by atoms with E-state index in [0.29, 0.717) is 5.69 Å². The molecular weight excluding hydrogens is 276 g/mol. The molecule has 0 atom stereocenters. The fourth-order valence-electron chi connectivity index (χ4n) is 1.82. The van der Waals surface area contributed by atoms with E-state index in [1.165, 1.54) is 18.2 Å². The lowest BCUT2D eigenvalue weighted by molar-refractivity contribution is 0.102. The van der Waals surface area contributed by atoms with Gasteiger partial charge in [-0.15, -0.1) is 0 Å². The number of sulfonamides is 1. The third kappa shape index (κ3) is 3.23. The van der Waals surface area contributed by atoms with Crippen LogP contribution in [0.4, 0.5) is 5.69 Å². The second kappa shape index (κ2) is 5.44. The Hall–Kier alpha value is -2.18. The maximum absolute atomic E-state index is 12.2. The molecule has 0 bridgehead atoms. The van der Waals surface area contributed by atoms with Crippen LogP contribution in [0, 0.1) is 6.92 Å². The van der Waals surface area contributed by atoms with Gasteiger partial charge in [-0.25, -0.2) is 13.6 Å². The van der Waals surface area contributed by atoms with Crippen LogP contribution in [0.1, 0.15) is 15.9 Å². The summed E-state index contributed by atoms with van der Waals surface area (Å²) in [5.41, 5.74) is 1.61. The van der Waals surface area contributed by atoms with Crippen molar-refractivity contribution >= 4 is 21.6 Å². The predicted octanol–water partition coefficient (Wildman–Crippen LogP) is 1.89. The summed E-state index contributed by atoms with van der Waals surface area (Å²) < 4.78 is 22.9. The molecule has 3 N–H and O–H groups in total. The van der Waals surface area contributed by atoms with Crippen LogP contribution in [-0.4, -0.2) is 14.3 Å². The molecule has 0 fully saturated rings. The van der Waals surface area contributed by atoms with Crippen LogP contribution in [0.2, 0.25) is 0 Å². The van der Waals surface area contributed by atoms with Crippen molar-refractivity contribution in [2.45, 2.75) is 11.8 Å². The van der Waals surface area contributed by atoms with Crippen molar-refractivity contribution in [2.75, 3.05) is 5.32 Å². The van der Waals surface area contributed by atoms with Gasteiger partial charge >= 0.3 is 0 Å². The van der Waals surface area contributed by atoms with Crippen LogP contribution < -0.4 is 10.5 Å². The van der Waals surface area contributed by atoms with Crippen molar-refractivity contribution in [3.8, 4) is 0 Å². The molecule has 2 aromatic carbocycles. The highest BCUT2D eigenvalue weighted by molar-refractivity contribution is 7.89. The van der Waals surface area contributed by atoms with Gasteiger partial charge in [-0.2, -0.15) is 0 Å². The van der Waals surface area contributed by atoms with Gasteiger partial charge in [0.05, 0.1) is 10.5 Å². The van der Waals surface area contributed by atoms with E-state index in [9.17, 15) is 13.2 Å². The fourth-order valence-corrected chi connectivity index (χ4v) is 2.56. The van der Waals surface area contributed by atoms with Crippen molar-refractivity contribution in [1.29, 1.82) is 0 Å². The molecule has 5 nitrogen and oxygen atoms in total. The third-order valence-corrected chi connectivity index (χ3v) is 3.68. The van der Waals surface area contributed by atoms with E-state index >= 15 is 0 Å². The summed E-state index contributed by atoms with van der Waals surface area (Å²) in [6, 6.07) is 13.0. The van der Waals surface area contributed by atoms with Gasteiger partial charge in [0.1, 0.15) is 0 Å². The molecule has 20 heavy (non-hydrogen) atoms. The molecule has 0 heterocycles. The number of benzene rings is 2. The Balaban J connectivity index is 2.36. The smallest absolute Gasteiger partial charge is 0.257 e. The second-order valence-corrected chi connectivity index (χ2v) is 5.89. The highest BCUT2D eigenvalue weighted by atomic mass is 32.2. The van der Waals surface area contributed by atoms with Crippen LogP contribution in [0.25, 0.3) is 0 Å². The Bertz CT molecular complexity index is 755. The lowest BCUT2D eigenvalue weighted by Gasteiger charge is -2.09. The Morgan fingerprint density at radius 3 is 2.45 bits per heavy atom. The number of primary sulfonamides is 1. The normalized spacial score (nSPS) is 11.1. The van der Waals surface area contributed by atoms with Crippen LogP contribution in [0.5, 0.6) is 0 Å². The number of rotatable bonds is 3. The topological polar surface area (TPSA) is 89.3 Å². The van der Waals surface area contributed by atoms with Crippen molar-refractivity contribution in [1.82, 2.24) is 0 Å². The molecule has 0 aliphatic rings. The average Bonchev–Trinajstić information content (AvgIpc) is 2.37. The quantitative estimate of drug-likeness (QED) is 0.904. The van der Waals surface area contributed by atoms with Crippen molar-refractivity contribution in [3.63, 3.8) is 0 Å². The molecule has 0 aliphatic heterocycles. The summed E-state index contributed by atoms with van der Waals surface area (Å²) >= 11 is 0. The summed E-state index contributed by atoms with van der Waals surface area (Å²) in [5.74, 6) is -0.514. The van der Waals surface area contributed by atoms with Crippen molar-refractivity contribution in [2.24, 2.45) is 5.14 Å². The van der Waals surface area contributed by atoms with Gasteiger partial charge in [0.2, 0.25) is 10.0 Å². The van der Waals surface area contributed by atoms with Crippen LogP contribution in [-0.2, 0) is 10.0 Å². The number of carbonyl (C=O) groups excluding carboxylic acids is 1. The number of aryl methyl sites for hydroxylation is 1. The first-order valence-corrected chi connectivity index (χ1v) is 7.42. The van der Waals surface area contributed by atoms with Gasteiger partial charge in [-0.3, -0.25) is 4.79 Å². The molecule has 6 heteroatoms.